The van der Waals surface area contributed by atoms with Crippen molar-refractivity contribution in [3.63, 3.8) is 0 Å². The lowest BCUT2D eigenvalue weighted by atomic mass is 10.1. The van der Waals surface area contributed by atoms with Crippen LogP contribution in [0.5, 0.6) is 0 Å². The number of likely N-dealkylation sites (tertiary alicyclic amines) is 1. The highest BCUT2D eigenvalue weighted by Crippen LogP contribution is 2.54. The Bertz CT molecular complexity index is 293. The molecule has 6 nitrogen and oxygen atoms in total. The van der Waals surface area contributed by atoms with Gasteiger partial charge >= 0.3 is 13.7 Å². The lowest BCUT2D eigenvalue weighted by Gasteiger charge is -2.33. The van der Waals surface area contributed by atoms with Crippen molar-refractivity contribution in [1.29, 1.82) is 0 Å². The summed E-state index contributed by atoms with van der Waals surface area (Å²) in [5.74, 6) is 0. The maximum atomic E-state index is 12.1. The number of hydrogen-bond acceptors (Lipinski definition) is 5. The van der Waals surface area contributed by atoms with E-state index in [9.17, 15) is 9.36 Å². The van der Waals surface area contributed by atoms with Gasteiger partial charge in [-0.2, -0.15) is 0 Å². The first-order valence-corrected chi connectivity index (χ1v) is 7.31. The molecule has 0 saturated carbocycles. The van der Waals surface area contributed by atoms with E-state index in [1.54, 1.807) is 11.8 Å². The fourth-order valence-corrected chi connectivity index (χ4v) is 3.56. The molecular weight excluding hydrogens is 245 g/mol. The number of hydrogen-bond donors (Lipinski definition) is 0. The van der Waals surface area contributed by atoms with Crippen molar-refractivity contribution < 1.29 is 23.1 Å². The van der Waals surface area contributed by atoms with E-state index >= 15 is 0 Å². The predicted molar refractivity (Wildman–Crippen MR) is 63.2 cm³/mol. The standard InChI is InChI=1S/C10H20NO5P/c1-4-16-10(12)11-7-5-9(6-8-11)17(13,14-2)15-3/h9H,4-8H2,1-3H3. The molecule has 1 saturated heterocycles. The summed E-state index contributed by atoms with van der Waals surface area (Å²) >= 11 is 0. The molecule has 0 N–H and O–H groups in total. The molecule has 1 rings (SSSR count). The van der Waals surface area contributed by atoms with Crippen molar-refractivity contribution in [2.45, 2.75) is 25.4 Å². The third-order valence-corrected chi connectivity index (χ3v) is 5.38. The van der Waals surface area contributed by atoms with E-state index < -0.39 is 7.60 Å². The summed E-state index contributed by atoms with van der Waals surface area (Å²) in [5, 5.41) is 0. The van der Waals surface area contributed by atoms with Gasteiger partial charge in [-0.05, 0) is 19.8 Å². The minimum absolute atomic E-state index is 0.136. The Balaban J connectivity index is 2.51. The number of carbonyl (C=O) groups is 1. The molecule has 100 valence electrons. The van der Waals surface area contributed by atoms with Gasteiger partial charge in [0.05, 0.1) is 12.3 Å². The highest BCUT2D eigenvalue weighted by molar-refractivity contribution is 7.54. The summed E-state index contributed by atoms with van der Waals surface area (Å²) in [6, 6.07) is 0. The molecule has 0 atom stereocenters. The first-order valence-electron chi connectivity index (χ1n) is 5.70. The molecule has 0 spiro atoms. The quantitative estimate of drug-likeness (QED) is 0.728. The van der Waals surface area contributed by atoms with Crippen LogP contribution in [0, 0.1) is 0 Å². The van der Waals surface area contributed by atoms with Gasteiger partial charge in [0.2, 0.25) is 0 Å². The zero-order chi connectivity index (χ0) is 12.9. The van der Waals surface area contributed by atoms with Gasteiger partial charge in [0.15, 0.2) is 0 Å². The molecule has 1 aliphatic rings. The second-order valence-corrected chi connectivity index (χ2v) is 6.36. The van der Waals surface area contributed by atoms with Gasteiger partial charge in [0.25, 0.3) is 0 Å². The number of rotatable bonds is 4. The summed E-state index contributed by atoms with van der Waals surface area (Å²) in [5.41, 5.74) is -0.136. The van der Waals surface area contributed by atoms with Crippen LogP contribution in [0.1, 0.15) is 19.8 Å². The second kappa shape index (κ2) is 6.38. The van der Waals surface area contributed by atoms with Gasteiger partial charge in [-0.3, -0.25) is 4.57 Å². The summed E-state index contributed by atoms with van der Waals surface area (Å²) in [4.78, 5) is 13.1. The minimum Gasteiger partial charge on any atom is -0.450 e. The summed E-state index contributed by atoms with van der Waals surface area (Å²) < 4.78 is 27.0. The highest BCUT2D eigenvalue weighted by atomic mass is 31.2. The maximum absolute atomic E-state index is 12.1. The van der Waals surface area contributed by atoms with E-state index in [0.717, 1.165) is 0 Å². The second-order valence-electron chi connectivity index (χ2n) is 3.82. The van der Waals surface area contributed by atoms with Gasteiger partial charge in [-0.25, -0.2) is 4.79 Å². The Morgan fingerprint density at radius 1 is 1.29 bits per heavy atom. The van der Waals surface area contributed by atoms with Gasteiger partial charge in [-0.1, -0.05) is 0 Å². The van der Waals surface area contributed by atoms with Crippen LogP contribution >= 0.6 is 7.60 Å². The van der Waals surface area contributed by atoms with Crippen LogP contribution < -0.4 is 0 Å². The van der Waals surface area contributed by atoms with Crippen LogP contribution in [0.25, 0.3) is 0 Å². The van der Waals surface area contributed by atoms with Crippen molar-refractivity contribution in [2.24, 2.45) is 0 Å². The van der Waals surface area contributed by atoms with E-state index in [4.69, 9.17) is 13.8 Å². The molecular formula is C10H20NO5P. The zero-order valence-corrected chi connectivity index (χ0v) is 11.4. The summed E-state index contributed by atoms with van der Waals surface area (Å²) in [6.07, 6.45) is 0.908. The summed E-state index contributed by atoms with van der Waals surface area (Å²) in [7, 11) is -0.226. The van der Waals surface area contributed by atoms with E-state index in [1.807, 2.05) is 0 Å². The Kier molecular flexibility index (Phi) is 5.43. The zero-order valence-electron chi connectivity index (χ0n) is 10.5. The highest BCUT2D eigenvalue weighted by Gasteiger charge is 2.37. The average Bonchev–Trinajstić information content (AvgIpc) is 2.38. The lowest BCUT2D eigenvalue weighted by Crippen LogP contribution is -2.40. The fraction of sp³-hybridized carbons (Fsp3) is 0.900. The maximum Gasteiger partial charge on any atom is 0.409 e. The normalized spacial score (nSPS) is 18.2. The van der Waals surface area contributed by atoms with Crippen molar-refractivity contribution in [3.05, 3.63) is 0 Å². The number of nitrogens with zero attached hydrogens (tertiary/aromatic N) is 1. The molecule has 1 fully saturated rings. The number of carbonyl (C=O) groups excluding carboxylic acids is 1. The van der Waals surface area contributed by atoms with E-state index in [2.05, 4.69) is 0 Å². The molecule has 1 heterocycles. The van der Waals surface area contributed by atoms with Gasteiger partial charge in [0.1, 0.15) is 0 Å². The van der Waals surface area contributed by atoms with Gasteiger partial charge in [0, 0.05) is 27.3 Å². The minimum atomic E-state index is -3.01. The third-order valence-electron chi connectivity index (χ3n) is 2.95. The van der Waals surface area contributed by atoms with Crippen LogP contribution in [0.2, 0.25) is 0 Å². The van der Waals surface area contributed by atoms with E-state index in [0.29, 0.717) is 32.5 Å². The third kappa shape index (κ3) is 3.44. The first kappa shape index (κ1) is 14.5. The largest absolute Gasteiger partial charge is 0.450 e. The van der Waals surface area contributed by atoms with Crippen LogP contribution in [0.3, 0.4) is 0 Å². The van der Waals surface area contributed by atoms with Gasteiger partial charge < -0.3 is 18.7 Å². The molecule has 0 aliphatic carbocycles. The number of ether oxygens (including phenoxy) is 1. The van der Waals surface area contributed by atoms with Crippen molar-refractivity contribution in [3.8, 4) is 0 Å². The predicted octanol–water partition coefficient (Wildman–Crippen LogP) is 2.09. The molecule has 1 aliphatic heterocycles. The van der Waals surface area contributed by atoms with Crippen LogP contribution in [-0.2, 0) is 18.3 Å². The Labute approximate surface area is 102 Å². The summed E-state index contributed by atoms with van der Waals surface area (Å²) in [6.45, 7) is 3.20. The lowest BCUT2D eigenvalue weighted by molar-refractivity contribution is 0.0982. The van der Waals surface area contributed by atoms with E-state index in [1.165, 1.54) is 14.2 Å². The molecule has 0 aromatic heterocycles. The van der Waals surface area contributed by atoms with Crippen LogP contribution in [-0.4, -0.2) is 50.6 Å². The van der Waals surface area contributed by atoms with Gasteiger partial charge in [-0.15, -0.1) is 0 Å². The molecule has 0 aromatic rings. The molecule has 1 amide bonds. The van der Waals surface area contributed by atoms with Crippen molar-refractivity contribution in [2.75, 3.05) is 33.9 Å². The Hall–Kier alpha value is -0.580. The Morgan fingerprint density at radius 3 is 2.24 bits per heavy atom. The molecule has 7 heteroatoms. The molecule has 0 aromatic carbocycles. The molecule has 0 bridgehead atoms. The molecule has 17 heavy (non-hydrogen) atoms. The smallest absolute Gasteiger partial charge is 0.409 e. The Morgan fingerprint density at radius 2 is 1.82 bits per heavy atom. The monoisotopic (exact) mass is 265 g/mol. The SMILES string of the molecule is CCOC(=O)N1CCC(P(=O)(OC)OC)CC1. The fourth-order valence-electron chi connectivity index (χ4n) is 1.95. The van der Waals surface area contributed by atoms with Crippen molar-refractivity contribution >= 4 is 13.7 Å². The molecule has 0 unspecified atom stereocenters. The first-order chi connectivity index (χ1) is 8.07. The van der Waals surface area contributed by atoms with Crippen LogP contribution in [0.4, 0.5) is 4.79 Å². The number of piperidine rings is 1. The van der Waals surface area contributed by atoms with Crippen molar-refractivity contribution in [1.82, 2.24) is 4.90 Å². The topological polar surface area (TPSA) is 65.1 Å². The average molecular weight is 265 g/mol. The van der Waals surface area contributed by atoms with E-state index in [-0.39, 0.29) is 11.8 Å². The number of amides is 1. The molecule has 0 radical (unpaired) electrons. The van der Waals surface area contributed by atoms with Crippen LogP contribution in [0.15, 0.2) is 0 Å².